The normalized spacial score (nSPS) is 14.2. The summed E-state index contributed by atoms with van der Waals surface area (Å²) in [4.78, 5) is 38.9. The number of Topliss-reactive ketones (excluding diaryl/α,β-unsaturated/α-hetero) is 2. The molecule has 1 aliphatic rings. The Morgan fingerprint density at radius 3 is 2.17 bits per heavy atom. The monoisotopic (exact) mass is 321 g/mol. The van der Waals surface area contributed by atoms with Gasteiger partial charge in [-0.15, -0.1) is 0 Å². The number of ketones is 2. The molecule has 0 fully saturated rings. The van der Waals surface area contributed by atoms with E-state index in [2.05, 4.69) is 4.99 Å². The van der Waals surface area contributed by atoms with Crippen LogP contribution in [0.2, 0.25) is 0 Å². The number of aliphatic hydroxyl groups is 1. The van der Waals surface area contributed by atoms with Crippen molar-refractivity contribution in [2.45, 2.75) is 0 Å². The lowest BCUT2D eigenvalue weighted by Gasteiger charge is -2.14. The quantitative estimate of drug-likeness (QED) is 0.667. The van der Waals surface area contributed by atoms with Crippen molar-refractivity contribution >= 4 is 29.5 Å². The molecule has 24 heavy (non-hydrogen) atoms. The SMILES string of the molecule is O=C1C(=O)c2ccccc2C(O)=C1N=Cc1ccc(C(=O)O)cc1. The van der Waals surface area contributed by atoms with Gasteiger partial charge in [0.15, 0.2) is 11.5 Å². The van der Waals surface area contributed by atoms with Crippen molar-refractivity contribution in [3.05, 3.63) is 76.5 Å². The van der Waals surface area contributed by atoms with Crippen LogP contribution >= 0.6 is 0 Å². The lowest BCUT2D eigenvalue weighted by molar-refractivity contribution is -0.112. The summed E-state index contributed by atoms with van der Waals surface area (Å²) in [5.74, 6) is -3.02. The van der Waals surface area contributed by atoms with Gasteiger partial charge in [0, 0.05) is 17.3 Å². The first kappa shape index (κ1) is 15.4. The van der Waals surface area contributed by atoms with Crippen molar-refractivity contribution in [1.29, 1.82) is 0 Å². The van der Waals surface area contributed by atoms with Gasteiger partial charge in [-0.25, -0.2) is 9.79 Å². The number of benzene rings is 2. The number of carboxylic acids is 1. The van der Waals surface area contributed by atoms with Crippen molar-refractivity contribution in [3.63, 3.8) is 0 Å². The van der Waals surface area contributed by atoms with Crippen LogP contribution in [0.25, 0.3) is 5.76 Å². The Bertz CT molecular complexity index is 923. The van der Waals surface area contributed by atoms with Gasteiger partial charge >= 0.3 is 5.97 Å². The van der Waals surface area contributed by atoms with Gasteiger partial charge in [0.25, 0.3) is 5.78 Å². The van der Waals surface area contributed by atoms with E-state index in [4.69, 9.17) is 5.11 Å². The van der Waals surface area contributed by atoms with Gasteiger partial charge in [0.1, 0.15) is 0 Å². The Morgan fingerprint density at radius 1 is 0.917 bits per heavy atom. The molecule has 0 saturated carbocycles. The van der Waals surface area contributed by atoms with Gasteiger partial charge in [0.2, 0.25) is 5.78 Å². The van der Waals surface area contributed by atoms with Crippen LogP contribution in [0.1, 0.15) is 31.8 Å². The molecule has 2 aromatic rings. The summed E-state index contributed by atoms with van der Waals surface area (Å²) in [5.41, 5.74) is 0.715. The Hall–Kier alpha value is -3.54. The number of aliphatic hydroxyl groups excluding tert-OH is 1. The highest BCUT2D eigenvalue weighted by Gasteiger charge is 2.32. The zero-order valence-corrected chi connectivity index (χ0v) is 12.3. The van der Waals surface area contributed by atoms with Crippen LogP contribution in [0.15, 0.2) is 59.2 Å². The summed E-state index contributed by atoms with van der Waals surface area (Å²) < 4.78 is 0. The number of hydrogen-bond acceptors (Lipinski definition) is 5. The standard InChI is InChI=1S/C18H11NO5/c20-15-12-3-1-2-4-13(12)16(21)17(22)14(15)19-9-10-5-7-11(8-6-10)18(23)24/h1-9,20H,(H,23,24). The molecule has 2 aromatic carbocycles. The smallest absolute Gasteiger partial charge is 0.335 e. The van der Waals surface area contributed by atoms with Gasteiger partial charge in [-0.05, 0) is 17.7 Å². The average molecular weight is 321 g/mol. The van der Waals surface area contributed by atoms with Crippen molar-refractivity contribution in [2.75, 3.05) is 0 Å². The number of carboxylic acid groups (broad SMARTS) is 1. The molecule has 0 amide bonds. The molecule has 118 valence electrons. The number of hydrogen-bond donors (Lipinski definition) is 2. The number of aliphatic imine (C=N–C) groups is 1. The van der Waals surface area contributed by atoms with Crippen LogP contribution in [-0.2, 0) is 4.79 Å². The van der Waals surface area contributed by atoms with E-state index in [-0.39, 0.29) is 28.1 Å². The van der Waals surface area contributed by atoms with Crippen molar-refractivity contribution in [3.8, 4) is 0 Å². The number of rotatable bonds is 3. The molecule has 0 radical (unpaired) electrons. The van der Waals surface area contributed by atoms with Crippen molar-refractivity contribution in [2.24, 2.45) is 4.99 Å². The van der Waals surface area contributed by atoms with E-state index in [0.717, 1.165) is 0 Å². The second kappa shape index (κ2) is 5.92. The molecule has 0 aromatic heterocycles. The molecule has 0 atom stereocenters. The maximum Gasteiger partial charge on any atom is 0.335 e. The van der Waals surface area contributed by atoms with E-state index in [1.54, 1.807) is 12.1 Å². The molecule has 0 spiro atoms. The van der Waals surface area contributed by atoms with E-state index >= 15 is 0 Å². The molecular formula is C18H11NO5. The predicted octanol–water partition coefficient (Wildman–Crippen LogP) is 2.50. The lowest BCUT2D eigenvalue weighted by Crippen LogP contribution is -2.23. The molecule has 1 aliphatic carbocycles. The number of carbonyl (C=O) groups is 3. The first-order chi connectivity index (χ1) is 11.5. The zero-order valence-electron chi connectivity index (χ0n) is 12.3. The molecule has 0 bridgehead atoms. The Labute approximate surface area is 136 Å². The van der Waals surface area contributed by atoms with Crippen LogP contribution in [0.4, 0.5) is 0 Å². The summed E-state index contributed by atoms with van der Waals surface area (Å²) in [7, 11) is 0. The summed E-state index contributed by atoms with van der Waals surface area (Å²) in [6, 6.07) is 12.0. The second-order valence-electron chi connectivity index (χ2n) is 5.09. The predicted molar refractivity (Wildman–Crippen MR) is 86.3 cm³/mol. The van der Waals surface area contributed by atoms with Crippen LogP contribution in [0.3, 0.4) is 0 Å². The molecule has 6 nitrogen and oxygen atoms in total. The third-order valence-electron chi connectivity index (χ3n) is 3.57. The molecule has 2 N–H and O–H groups in total. The first-order valence-corrected chi connectivity index (χ1v) is 6.98. The number of fused-ring (bicyclic) bond motifs is 1. The molecule has 0 unspecified atom stereocenters. The molecular weight excluding hydrogens is 310 g/mol. The summed E-state index contributed by atoms with van der Waals surface area (Å²) >= 11 is 0. The van der Waals surface area contributed by atoms with Crippen molar-refractivity contribution < 1.29 is 24.6 Å². The maximum absolute atomic E-state index is 12.1. The third kappa shape index (κ3) is 2.61. The van der Waals surface area contributed by atoms with Crippen LogP contribution in [0, 0.1) is 0 Å². The fourth-order valence-corrected chi connectivity index (χ4v) is 2.32. The number of nitrogens with zero attached hydrogens (tertiary/aromatic N) is 1. The zero-order chi connectivity index (χ0) is 17.3. The minimum atomic E-state index is -1.05. The molecule has 0 aliphatic heterocycles. The van der Waals surface area contributed by atoms with Gasteiger partial charge in [-0.2, -0.15) is 0 Å². The minimum Gasteiger partial charge on any atom is -0.505 e. The summed E-state index contributed by atoms with van der Waals surface area (Å²) in [6.07, 6.45) is 1.29. The minimum absolute atomic E-state index is 0.118. The van der Waals surface area contributed by atoms with Gasteiger partial charge in [-0.1, -0.05) is 36.4 Å². The highest BCUT2D eigenvalue weighted by molar-refractivity contribution is 6.52. The fraction of sp³-hybridized carbons (Fsp3) is 0. The van der Waals surface area contributed by atoms with E-state index < -0.39 is 17.5 Å². The molecule has 3 rings (SSSR count). The van der Waals surface area contributed by atoms with Gasteiger partial charge in [-0.3, -0.25) is 9.59 Å². The number of aromatic carboxylic acids is 1. The topological polar surface area (TPSA) is 104 Å². The maximum atomic E-state index is 12.1. The van der Waals surface area contributed by atoms with Crippen LogP contribution in [-0.4, -0.2) is 34.0 Å². The number of carbonyl (C=O) groups excluding carboxylic acids is 2. The Balaban J connectivity index is 1.98. The van der Waals surface area contributed by atoms with Gasteiger partial charge < -0.3 is 10.2 Å². The Kier molecular flexibility index (Phi) is 3.79. The van der Waals surface area contributed by atoms with Crippen molar-refractivity contribution in [1.82, 2.24) is 0 Å². The third-order valence-corrected chi connectivity index (χ3v) is 3.57. The lowest BCUT2D eigenvalue weighted by atomic mass is 9.92. The van der Waals surface area contributed by atoms with E-state index in [0.29, 0.717) is 5.56 Å². The molecule has 0 saturated heterocycles. The highest BCUT2D eigenvalue weighted by Crippen LogP contribution is 2.28. The van der Waals surface area contributed by atoms with E-state index in [9.17, 15) is 19.5 Å². The number of allylic oxidation sites excluding steroid dienone is 1. The second-order valence-corrected chi connectivity index (χ2v) is 5.09. The summed E-state index contributed by atoms with van der Waals surface area (Å²) in [5, 5.41) is 19.1. The van der Waals surface area contributed by atoms with E-state index in [1.165, 1.54) is 42.6 Å². The molecule has 6 heteroatoms. The summed E-state index contributed by atoms with van der Waals surface area (Å²) in [6.45, 7) is 0. The fourth-order valence-electron chi connectivity index (χ4n) is 2.32. The first-order valence-electron chi connectivity index (χ1n) is 6.98. The van der Waals surface area contributed by atoms with Crippen LogP contribution in [0.5, 0.6) is 0 Å². The van der Waals surface area contributed by atoms with E-state index in [1.807, 2.05) is 0 Å². The molecule has 0 heterocycles. The average Bonchev–Trinajstić information content (AvgIpc) is 2.60. The van der Waals surface area contributed by atoms with Gasteiger partial charge in [0.05, 0.1) is 5.56 Å². The largest absolute Gasteiger partial charge is 0.505 e. The Morgan fingerprint density at radius 2 is 1.54 bits per heavy atom. The van der Waals surface area contributed by atoms with Crippen LogP contribution < -0.4 is 0 Å². The highest BCUT2D eigenvalue weighted by atomic mass is 16.4.